The van der Waals surface area contributed by atoms with Gasteiger partial charge in [0.25, 0.3) is 5.91 Å². The summed E-state index contributed by atoms with van der Waals surface area (Å²) in [6, 6.07) is 14.8. The van der Waals surface area contributed by atoms with Gasteiger partial charge in [-0.25, -0.2) is 8.42 Å². The zero-order chi connectivity index (χ0) is 23.8. The monoisotopic (exact) mass is 492 g/mol. The third kappa shape index (κ3) is 6.47. The van der Waals surface area contributed by atoms with Crippen LogP contribution in [0.1, 0.15) is 30.6 Å². The molecule has 3 rings (SSSR count). The van der Waals surface area contributed by atoms with E-state index in [1.165, 1.54) is 22.1 Å². The van der Waals surface area contributed by atoms with Crippen molar-refractivity contribution in [3.05, 3.63) is 59.1 Å². The minimum atomic E-state index is -3.74. The molecule has 1 aliphatic rings. The molecule has 33 heavy (non-hydrogen) atoms. The number of hydrogen-bond acceptors (Lipinski definition) is 5. The summed E-state index contributed by atoms with van der Waals surface area (Å²) in [4.78, 5) is 17.4. The summed E-state index contributed by atoms with van der Waals surface area (Å²) < 4.78 is 27.0. The van der Waals surface area contributed by atoms with Gasteiger partial charge in [0.2, 0.25) is 10.0 Å². The van der Waals surface area contributed by atoms with E-state index >= 15 is 0 Å². The van der Waals surface area contributed by atoms with Crippen molar-refractivity contribution >= 4 is 33.2 Å². The summed E-state index contributed by atoms with van der Waals surface area (Å²) in [5.74, 6) is -0.295. The fourth-order valence-corrected chi connectivity index (χ4v) is 5.98. The number of amides is 1. The van der Waals surface area contributed by atoms with Gasteiger partial charge >= 0.3 is 0 Å². The average Bonchev–Trinajstić information content (AvgIpc) is 2.83. The van der Waals surface area contributed by atoms with E-state index in [9.17, 15) is 13.2 Å². The predicted molar refractivity (Wildman–Crippen MR) is 134 cm³/mol. The number of halogens is 1. The van der Waals surface area contributed by atoms with E-state index in [1.807, 2.05) is 6.07 Å². The standard InChI is InChI=1S/C24H33ClN4O3S/c1-3-29(4-2)33(31,32)23-19-20(11-12-22(23)25)24(30)26-13-8-14-27-15-17-28(18-16-27)21-9-6-5-7-10-21/h5-7,9-12,19H,3-4,8,13-18H2,1-2H3,(H,26,30). The second-order valence-electron chi connectivity index (χ2n) is 8.01. The Bertz CT molecular complexity index is 1020. The number of rotatable bonds is 10. The molecule has 0 aromatic heterocycles. The Labute approximate surface area is 202 Å². The number of nitrogens with zero attached hydrogens (tertiary/aromatic N) is 3. The Morgan fingerprint density at radius 2 is 1.70 bits per heavy atom. The Morgan fingerprint density at radius 3 is 2.33 bits per heavy atom. The van der Waals surface area contributed by atoms with Crippen LogP contribution in [0, 0.1) is 0 Å². The molecular weight excluding hydrogens is 460 g/mol. The third-order valence-corrected chi connectivity index (χ3v) is 8.48. The van der Waals surface area contributed by atoms with Crippen LogP contribution < -0.4 is 10.2 Å². The van der Waals surface area contributed by atoms with Gasteiger partial charge in [0.1, 0.15) is 4.90 Å². The van der Waals surface area contributed by atoms with Crippen molar-refractivity contribution in [1.82, 2.24) is 14.5 Å². The van der Waals surface area contributed by atoms with Crippen LogP contribution in [0.5, 0.6) is 0 Å². The Kier molecular flexibility index (Phi) is 9.14. The lowest BCUT2D eigenvalue weighted by atomic mass is 10.2. The number of para-hydroxylation sites is 1. The number of benzene rings is 2. The van der Waals surface area contributed by atoms with Crippen LogP contribution in [0.15, 0.2) is 53.4 Å². The summed E-state index contributed by atoms with van der Waals surface area (Å²) in [5, 5.41) is 3.02. The lowest BCUT2D eigenvalue weighted by molar-refractivity contribution is 0.0951. The summed E-state index contributed by atoms with van der Waals surface area (Å²) in [7, 11) is -3.74. The van der Waals surface area contributed by atoms with Gasteiger partial charge in [-0.3, -0.25) is 9.69 Å². The number of sulfonamides is 1. The first-order valence-corrected chi connectivity index (χ1v) is 13.3. The highest BCUT2D eigenvalue weighted by Gasteiger charge is 2.25. The van der Waals surface area contributed by atoms with Crippen molar-refractivity contribution in [2.75, 3.05) is 57.3 Å². The topological polar surface area (TPSA) is 73.0 Å². The highest BCUT2D eigenvalue weighted by atomic mass is 35.5. The zero-order valence-corrected chi connectivity index (χ0v) is 20.9. The van der Waals surface area contributed by atoms with E-state index in [0.29, 0.717) is 25.2 Å². The molecule has 7 nitrogen and oxygen atoms in total. The summed E-state index contributed by atoms with van der Waals surface area (Å²) in [5.41, 5.74) is 1.55. The third-order valence-electron chi connectivity index (χ3n) is 5.95. The van der Waals surface area contributed by atoms with Crippen LogP contribution in [0.25, 0.3) is 0 Å². The van der Waals surface area contributed by atoms with Crippen molar-refractivity contribution in [2.45, 2.75) is 25.2 Å². The van der Waals surface area contributed by atoms with Gasteiger partial charge in [0.15, 0.2) is 0 Å². The summed E-state index contributed by atoms with van der Waals surface area (Å²) >= 11 is 6.16. The van der Waals surface area contributed by atoms with Gasteiger partial charge in [-0.05, 0) is 43.3 Å². The van der Waals surface area contributed by atoms with Crippen molar-refractivity contribution in [2.24, 2.45) is 0 Å². The van der Waals surface area contributed by atoms with Crippen LogP contribution in [-0.2, 0) is 10.0 Å². The molecular formula is C24H33ClN4O3S. The average molecular weight is 493 g/mol. The molecule has 0 unspecified atom stereocenters. The first kappa shape index (κ1) is 25.5. The molecule has 180 valence electrons. The number of hydrogen-bond donors (Lipinski definition) is 1. The Balaban J connectivity index is 1.48. The van der Waals surface area contributed by atoms with Crippen LogP contribution in [0.3, 0.4) is 0 Å². The first-order valence-electron chi connectivity index (χ1n) is 11.5. The van der Waals surface area contributed by atoms with Gasteiger partial charge in [0.05, 0.1) is 5.02 Å². The lowest BCUT2D eigenvalue weighted by Crippen LogP contribution is -2.47. The normalized spacial score (nSPS) is 15.1. The van der Waals surface area contributed by atoms with E-state index < -0.39 is 10.0 Å². The minimum Gasteiger partial charge on any atom is -0.369 e. The molecule has 0 radical (unpaired) electrons. The van der Waals surface area contributed by atoms with Gasteiger partial charge in [-0.15, -0.1) is 0 Å². The second kappa shape index (κ2) is 11.8. The predicted octanol–water partition coefficient (Wildman–Crippen LogP) is 3.31. The molecule has 0 atom stereocenters. The van der Waals surface area contributed by atoms with E-state index in [4.69, 9.17) is 11.6 Å². The van der Waals surface area contributed by atoms with E-state index in [-0.39, 0.29) is 15.8 Å². The maximum absolute atomic E-state index is 12.8. The SMILES string of the molecule is CCN(CC)S(=O)(=O)c1cc(C(=O)NCCCN2CCN(c3ccccc3)CC2)ccc1Cl. The highest BCUT2D eigenvalue weighted by Crippen LogP contribution is 2.26. The van der Waals surface area contributed by atoms with Crippen LogP contribution in [0.2, 0.25) is 5.02 Å². The van der Waals surface area contributed by atoms with Crippen LogP contribution in [0.4, 0.5) is 5.69 Å². The number of anilines is 1. The quantitative estimate of drug-likeness (QED) is 0.515. The molecule has 1 N–H and O–H groups in total. The molecule has 0 bridgehead atoms. The lowest BCUT2D eigenvalue weighted by Gasteiger charge is -2.36. The smallest absolute Gasteiger partial charge is 0.251 e. The molecule has 2 aromatic carbocycles. The van der Waals surface area contributed by atoms with Crippen molar-refractivity contribution < 1.29 is 13.2 Å². The zero-order valence-electron chi connectivity index (χ0n) is 19.3. The molecule has 9 heteroatoms. The molecule has 1 heterocycles. The Hall–Kier alpha value is -2.13. The van der Waals surface area contributed by atoms with Gasteiger partial charge in [-0.1, -0.05) is 43.6 Å². The minimum absolute atomic E-state index is 0.0307. The highest BCUT2D eigenvalue weighted by molar-refractivity contribution is 7.89. The summed E-state index contributed by atoms with van der Waals surface area (Å²) in [6.45, 7) is 9.62. The van der Waals surface area contributed by atoms with E-state index in [2.05, 4.69) is 39.4 Å². The maximum atomic E-state index is 12.8. The van der Waals surface area contributed by atoms with E-state index in [1.54, 1.807) is 19.9 Å². The van der Waals surface area contributed by atoms with E-state index in [0.717, 1.165) is 39.1 Å². The molecule has 1 amide bonds. The van der Waals surface area contributed by atoms with Crippen LogP contribution >= 0.6 is 11.6 Å². The number of carbonyl (C=O) groups excluding carboxylic acids is 1. The number of nitrogens with one attached hydrogen (secondary N) is 1. The van der Waals surface area contributed by atoms with Gasteiger partial charge in [0, 0.05) is 57.1 Å². The van der Waals surface area contributed by atoms with Crippen molar-refractivity contribution in [3.63, 3.8) is 0 Å². The fraction of sp³-hybridized carbons (Fsp3) is 0.458. The number of piperazine rings is 1. The first-order chi connectivity index (χ1) is 15.9. The maximum Gasteiger partial charge on any atom is 0.251 e. The Morgan fingerprint density at radius 1 is 1.03 bits per heavy atom. The molecule has 0 spiro atoms. The molecule has 0 saturated carbocycles. The molecule has 2 aromatic rings. The fourth-order valence-electron chi connectivity index (χ4n) is 4.02. The number of carbonyl (C=O) groups is 1. The van der Waals surface area contributed by atoms with Gasteiger partial charge in [-0.2, -0.15) is 4.31 Å². The van der Waals surface area contributed by atoms with Crippen molar-refractivity contribution in [3.8, 4) is 0 Å². The van der Waals surface area contributed by atoms with Crippen LogP contribution in [-0.4, -0.2) is 75.9 Å². The van der Waals surface area contributed by atoms with Crippen molar-refractivity contribution in [1.29, 1.82) is 0 Å². The largest absolute Gasteiger partial charge is 0.369 e. The second-order valence-corrected chi connectivity index (χ2v) is 10.3. The molecule has 1 aliphatic heterocycles. The molecule has 1 saturated heterocycles. The molecule has 0 aliphatic carbocycles. The van der Waals surface area contributed by atoms with Gasteiger partial charge < -0.3 is 10.2 Å². The molecule has 1 fully saturated rings. The summed E-state index contributed by atoms with van der Waals surface area (Å²) in [6.07, 6.45) is 0.829.